The minimum atomic E-state index is -0.435. The number of benzene rings is 2. The Balaban J connectivity index is 1.94. The van der Waals surface area contributed by atoms with Crippen molar-refractivity contribution in [2.45, 2.75) is 13.0 Å². The summed E-state index contributed by atoms with van der Waals surface area (Å²) in [5.74, 6) is 0.390. The number of nitrogens with zero attached hydrogens (tertiary/aromatic N) is 2. The average Bonchev–Trinajstić information content (AvgIpc) is 3.00. The second-order valence-electron chi connectivity index (χ2n) is 5.61. The van der Waals surface area contributed by atoms with Gasteiger partial charge in [0.1, 0.15) is 5.75 Å². The number of rotatable bonds is 5. The minimum Gasteiger partial charge on any atom is -0.495 e. The van der Waals surface area contributed by atoms with Crippen molar-refractivity contribution in [1.82, 2.24) is 4.57 Å². The number of hydrogen-bond acceptors (Lipinski definition) is 2. The number of methoxy groups -OCH3 is 1. The van der Waals surface area contributed by atoms with Crippen molar-refractivity contribution in [3.8, 4) is 5.75 Å². The van der Waals surface area contributed by atoms with Crippen molar-refractivity contribution in [2.24, 2.45) is 0 Å². The Bertz CT molecular complexity index is 949. The predicted octanol–water partition coefficient (Wildman–Crippen LogP) is 3.89. The van der Waals surface area contributed by atoms with Crippen molar-refractivity contribution in [1.29, 1.82) is 0 Å². The monoisotopic (exact) mass is 356 g/mol. The molecule has 0 saturated carbocycles. The van der Waals surface area contributed by atoms with Gasteiger partial charge in [0.15, 0.2) is 17.1 Å². The van der Waals surface area contributed by atoms with Crippen LogP contribution < -0.4 is 14.6 Å². The van der Waals surface area contributed by atoms with Crippen LogP contribution in [-0.4, -0.2) is 17.6 Å². The normalized spacial score (nSPS) is 12.0. The molecule has 1 N–H and O–H groups in total. The molecule has 3 rings (SSSR count). The quantitative estimate of drug-likeness (QED) is 0.705. The number of hydrogen-bond donors (Lipinski definition) is 1. The zero-order valence-corrected chi connectivity index (χ0v) is 14.8. The van der Waals surface area contributed by atoms with E-state index in [0.29, 0.717) is 16.5 Å². The standard InChI is InChI=1S/C19H18ClN3O2/c1-4-22-12-23(17-8-6-5-7-16(17)22)13(2)19(24)21-15-11-14(20)9-10-18(15)25-3/h4-13H,1H2,2-3H3/p+1/t13-/m0/s1. The molecule has 1 amide bonds. The zero-order valence-electron chi connectivity index (χ0n) is 14.1. The lowest BCUT2D eigenvalue weighted by Gasteiger charge is -2.13. The van der Waals surface area contributed by atoms with Gasteiger partial charge in [-0.1, -0.05) is 30.3 Å². The molecule has 0 bridgehead atoms. The summed E-state index contributed by atoms with van der Waals surface area (Å²) >= 11 is 6.03. The molecule has 0 fully saturated rings. The minimum absolute atomic E-state index is 0.169. The van der Waals surface area contributed by atoms with E-state index >= 15 is 0 Å². The number of imidazole rings is 1. The van der Waals surface area contributed by atoms with Crippen LogP contribution in [0.25, 0.3) is 17.2 Å². The van der Waals surface area contributed by atoms with Gasteiger partial charge in [0, 0.05) is 5.02 Å². The van der Waals surface area contributed by atoms with Crippen LogP contribution in [0, 0.1) is 0 Å². The molecular formula is C19H19ClN3O2+. The Hall–Kier alpha value is -2.79. The summed E-state index contributed by atoms with van der Waals surface area (Å²) in [6.07, 6.45) is 3.57. The number of para-hydroxylation sites is 2. The fourth-order valence-electron chi connectivity index (χ4n) is 2.75. The molecule has 0 unspecified atom stereocenters. The van der Waals surface area contributed by atoms with Crippen molar-refractivity contribution in [3.63, 3.8) is 0 Å². The highest BCUT2D eigenvalue weighted by atomic mass is 35.5. The van der Waals surface area contributed by atoms with E-state index in [1.54, 1.807) is 31.5 Å². The number of fused-ring (bicyclic) bond motifs is 1. The Morgan fingerprint density at radius 1 is 1.36 bits per heavy atom. The highest BCUT2D eigenvalue weighted by Gasteiger charge is 2.25. The van der Waals surface area contributed by atoms with E-state index in [-0.39, 0.29) is 5.91 Å². The van der Waals surface area contributed by atoms with Crippen LogP contribution in [0.5, 0.6) is 5.75 Å². The zero-order chi connectivity index (χ0) is 18.0. The molecule has 6 heteroatoms. The molecule has 2 aromatic carbocycles. The SMILES string of the molecule is C=Cn1c[n+]([C@@H](C)C(=O)Nc2cc(Cl)ccc2OC)c2ccccc21. The third-order valence-electron chi connectivity index (χ3n) is 4.10. The van der Waals surface area contributed by atoms with Gasteiger partial charge in [-0.2, -0.15) is 0 Å². The number of carbonyl (C=O) groups excluding carboxylic acids is 1. The van der Waals surface area contributed by atoms with Crippen LogP contribution in [0.15, 0.2) is 55.4 Å². The van der Waals surface area contributed by atoms with E-state index in [2.05, 4.69) is 11.9 Å². The van der Waals surface area contributed by atoms with Gasteiger partial charge in [0.25, 0.3) is 5.91 Å². The highest BCUT2D eigenvalue weighted by Crippen LogP contribution is 2.28. The van der Waals surface area contributed by atoms with Crippen LogP contribution >= 0.6 is 11.6 Å². The number of ether oxygens (including phenoxy) is 1. The first-order valence-electron chi connectivity index (χ1n) is 7.83. The van der Waals surface area contributed by atoms with Gasteiger partial charge in [-0.3, -0.25) is 4.79 Å². The summed E-state index contributed by atoms with van der Waals surface area (Å²) in [6, 6.07) is 12.5. The molecule has 3 aromatic rings. The van der Waals surface area contributed by atoms with Gasteiger partial charge in [-0.25, -0.2) is 9.13 Å². The molecule has 0 aliphatic carbocycles. The maximum absolute atomic E-state index is 12.8. The smallest absolute Gasteiger partial charge is 0.269 e. The highest BCUT2D eigenvalue weighted by molar-refractivity contribution is 6.31. The summed E-state index contributed by atoms with van der Waals surface area (Å²) in [7, 11) is 1.55. The van der Waals surface area contributed by atoms with Gasteiger partial charge in [-0.05, 0) is 37.3 Å². The molecule has 1 heterocycles. The second kappa shape index (κ2) is 6.99. The molecule has 0 radical (unpaired) electrons. The molecule has 128 valence electrons. The summed E-state index contributed by atoms with van der Waals surface area (Å²) in [4.78, 5) is 12.8. The fraction of sp³-hybridized carbons (Fsp3) is 0.158. The number of aromatic nitrogens is 2. The van der Waals surface area contributed by atoms with Crippen molar-refractivity contribution in [2.75, 3.05) is 12.4 Å². The molecule has 25 heavy (non-hydrogen) atoms. The second-order valence-corrected chi connectivity index (χ2v) is 6.05. The van der Waals surface area contributed by atoms with E-state index in [9.17, 15) is 4.79 Å². The van der Waals surface area contributed by atoms with E-state index in [1.807, 2.05) is 46.7 Å². The Morgan fingerprint density at radius 2 is 2.12 bits per heavy atom. The van der Waals surface area contributed by atoms with Crippen LogP contribution in [0.2, 0.25) is 5.02 Å². The molecule has 0 aliphatic heterocycles. The van der Waals surface area contributed by atoms with Gasteiger partial charge in [0.2, 0.25) is 6.33 Å². The van der Waals surface area contributed by atoms with Crippen LogP contribution in [-0.2, 0) is 4.79 Å². The number of nitrogens with one attached hydrogen (secondary N) is 1. The lowest BCUT2D eigenvalue weighted by atomic mass is 10.2. The first kappa shape index (κ1) is 17.0. The van der Waals surface area contributed by atoms with E-state index in [0.717, 1.165) is 11.0 Å². The molecule has 0 aliphatic rings. The topological polar surface area (TPSA) is 47.1 Å². The average molecular weight is 357 g/mol. The lowest BCUT2D eigenvalue weighted by molar-refractivity contribution is -0.680. The summed E-state index contributed by atoms with van der Waals surface area (Å²) in [6.45, 7) is 5.66. The third kappa shape index (κ3) is 3.23. The summed E-state index contributed by atoms with van der Waals surface area (Å²) in [5.41, 5.74) is 2.47. The molecule has 0 saturated heterocycles. The first-order valence-corrected chi connectivity index (χ1v) is 8.20. The number of amides is 1. The largest absolute Gasteiger partial charge is 0.495 e. The molecular weight excluding hydrogens is 338 g/mol. The summed E-state index contributed by atoms with van der Waals surface area (Å²) < 4.78 is 9.07. The van der Waals surface area contributed by atoms with Gasteiger partial charge >= 0.3 is 0 Å². The first-order chi connectivity index (χ1) is 12.0. The maximum Gasteiger partial charge on any atom is 0.269 e. The van der Waals surface area contributed by atoms with Crippen molar-refractivity contribution in [3.05, 3.63) is 60.4 Å². The Kier molecular flexibility index (Phi) is 4.76. The molecule has 0 spiro atoms. The van der Waals surface area contributed by atoms with Gasteiger partial charge < -0.3 is 10.1 Å². The van der Waals surface area contributed by atoms with Crippen LogP contribution in [0.4, 0.5) is 5.69 Å². The van der Waals surface area contributed by atoms with E-state index in [4.69, 9.17) is 16.3 Å². The number of carbonyl (C=O) groups is 1. The number of halogens is 1. The fourth-order valence-corrected chi connectivity index (χ4v) is 2.93. The van der Waals surface area contributed by atoms with E-state index < -0.39 is 6.04 Å². The molecule has 1 aromatic heterocycles. The Labute approximate surface area is 151 Å². The van der Waals surface area contributed by atoms with Crippen LogP contribution in [0.3, 0.4) is 0 Å². The third-order valence-corrected chi connectivity index (χ3v) is 4.33. The summed E-state index contributed by atoms with van der Waals surface area (Å²) in [5, 5.41) is 3.42. The van der Waals surface area contributed by atoms with E-state index in [1.165, 1.54) is 0 Å². The van der Waals surface area contributed by atoms with Gasteiger partial charge in [-0.15, -0.1) is 0 Å². The predicted molar refractivity (Wildman–Crippen MR) is 99.9 cm³/mol. The maximum atomic E-state index is 12.8. The van der Waals surface area contributed by atoms with Crippen molar-refractivity contribution < 1.29 is 14.1 Å². The van der Waals surface area contributed by atoms with Crippen molar-refractivity contribution >= 4 is 40.4 Å². The molecule has 1 atom stereocenters. The lowest BCUT2D eigenvalue weighted by Crippen LogP contribution is -2.43. The Morgan fingerprint density at radius 3 is 2.84 bits per heavy atom. The van der Waals surface area contributed by atoms with Gasteiger partial charge in [0.05, 0.1) is 19.0 Å². The van der Waals surface area contributed by atoms with Crippen LogP contribution in [0.1, 0.15) is 13.0 Å². The molecule has 5 nitrogen and oxygen atoms in total. The number of anilines is 1.